The van der Waals surface area contributed by atoms with Gasteiger partial charge in [-0.3, -0.25) is 11.1 Å². The molecule has 2 aromatic rings. The van der Waals surface area contributed by atoms with Gasteiger partial charge in [0.2, 0.25) is 0 Å². The number of carboxylic acid groups (broad SMARTS) is 1. The SMILES string of the molecule is O=[C-]CCC[CH-]C(F)(F)F.[CH2-]c1cccc(C[C@H](NC(=O)c2c(F)cccc2F)C(=O)O)c1.[Li+]. The van der Waals surface area contributed by atoms with Crippen LogP contribution in [0, 0.1) is 25.0 Å². The number of benzene rings is 2. The summed E-state index contributed by atoms with van der Waals surface area (Å²) in [5.41, 5.74) is 0.530. The summed E-state index contributed by atoms with van der Waals surface area (Å²) in [4.78, 5) is 32.8. The second-order valence-corrected chi connectivity index (χ2v) is 6.77. The van der Waals surface area contributed by atoms with Crippen LogP contribution in [-0.4, -0.2) is 35.5 Å². The summed E-state index contributed by atoms with van der Waals surface area (Å²) in [5, 5.41) is 11.4. The van der Waals surface area contributed by atoms with Crippen molar-refractivity contribution in [3.8, 4) is 0 Å². The van der Waals surface area contributed by atoms with Gasteiger partial charge in [0.1, 0.15) is 23.2 Å². The fraction of sp³-hybridized carbons (Fsp3) is 0.261. The summed E-state index contributed by atoms with van der Waals surface area (Å²) in [6.45, 7) is 3.73. The van der Waals surface area contributed by atoms with Crippen LogP contribution in [0.1, 0.15) is 40.7 Å². The molecule has 2 N–H and O–H groups in total. The molecular weight excluding hydrogens is 456 g/mol. The molecule has 0 bridgehead atoms. The Labute approximate surface area is 205 Å². The Morgan fingerprint density at radius 3 is 2.21 bits per heavy atom. The molecule has 0 saturated heterocycles. The van der Waals surface area contributed by atoms with Crippen molar-refractivity contribution < 1.29 is 60.3 Å². The van der Waals surface area contributed by atoms with Crippen LogP contribution in [0.3, 0.4) is 0 Å². The molecule has 5 nitrogen and oxygen atoms in total. The van der Waals surface area contributed by atoms with Crippen LogP contribution >= 0.6 is 0 Å². The summed E-state index contributed by atoms with van der Waals surface area (Å²) in [7, 11) is 0. The fourth-order valence-corrected chi connectivity index (χ4v) is 2.58. The molecule has 11 heteroatoms. The number of hydrogen-bond acceptors (Lipinski definition) is 3. The van der Waals surface area contributed by atoms with Crippen molar-refractivity contribution in [1.29, 1.82) is 0 Å². The van der Waals surface area contributed by atoms with Crippen LogP contribution in [0.5, 0.6) is 0 Å². The normalized spacial score (nSPS) is 11.3. The summed E-state index contributed by atoms with van der Waals surface area (Å²) in [5.74, 6) is -4.51. The topological polar surface area (TPSA) is 83.5 Å². The molecule has 0 aliphatic rings. The number of carboxylic acids is 1. The smallest absolute Gasteiger partial charge is 0.542 e. The first kappa shape index (κ1) is 31.2. The summed E-state index contributed by atoms with van der Waals surface area (Å²) in [6, 6.07) is 8.46. The molecule has 0 radical (unpaired) electrons. The number of hydrogen-bond donors (Lipinski definition) is 2. The average Bonchev–Trinajstić information content (AvgIpc) is 2.70. The van der Waals surface area contributed by atoms with E-state index in [0.717, 1.165) is 18.2 Å². The first-order valence-corrected chi connectivity index (χ1v) is 9.59. The maximum Gasteiger partial charge on any atom is 1.00 e. The summed E-state index contributed by atoms with van der Waals surface area (Å²) < 4.78 is 61.1. The van der Waals surface area contributed by atoms with Crippen molar-refractivity contribution in [2.45, 2.75) is 37.9 Å². The summed E-state index contributed by atoms with van der Waals surface area (Å²) >= 11 is 0. The average molecular weight is 477 g/mol. The molecule has 1 atom stereocenters. The van der Waals surface area contributed by atoms with Crippen molar-refractivity contribution in [3.63, 3.8) is 0 Å². The number of unbranched alkanes of at least 4 members (excludes halogenated alkanes) is 2. The fourth-order valence-electron chi connectivity index (χ4n) is 2.58. The van der Waals surface area contributed by atoms with Gasteiger partial charge in [-0.05, 0) is 18.6 Å². The number of carbonyl (C=O) groups is 2. The predicted octanol–water partition coefficient (Wildman–Crippen LogP) is 1.61. The molecule has 0 aromatic heterocycles. The van der Waals surface area contributed by atoms with Gasteiger partial charge in [0, 0.05) is 0 Å². The van der Waals surface area contributed by atoms with Crippen molar-refractivity contribution in [2.24, 2.45) is 0 Å². The van der Waals surface area contributed by atoms with E-state index in [1.165, 1.54) is 6.29 Å². The minimum atomic E-state index is -4.21. The third-order valence-corrected chi connectivity index (χ3v) is 4.08. The van der Waals surface area contributed by atoms with Crippen molar-refractivity contribution in [3.05, 3.63) is 84.1 Å². The Bertz CT molecular complexity index is 933. The maximum absolute atomic E-state index is 13.6. The van der Waals surface area contributed by atoms with E-state index in [2.05, 4.69) is 12.2 Å². The van der Waals surface area contributed by atoms with Gasteiger partial charge in [0.15, 0.2) is 0 Å². The van der Waals surface area contributed by atoms with E-state index in [0.29, 0.717) is 11.1 Å². The van der Waals surface area contributed by atoms with Crippen LogP contribution < -0.4 is 24.2 Å². The Kier molecular flexibility index (Phi) is 13.9. The molecule has 180 valence electrons. The number of nitrogens with one attached hydrogen (secondary N) is 1. The van der Waals surface area contributed by atoms with Gasteiger partial charge in [0.05, 0.1) is 0 Å². The largest absolute Gasteiger partial charge is 1.00 e. The Morgan fingerprint density at radius 2 is 1.71 bits per heavy atom. The molecule has 0 fully saturated rings. The first-order chi connectivity index (χ1) is 15.4. The minimum absolute atomic E-state index is 0. The number of amides is 1. The second kappa shape index (κ2) is 15.1. The number of rotatable bonds is 9. The van der Waals surface area contributed by atoms with Crippen LogP contribution in [0.2, 0.25) is 0 Å². The van der Waals surface area contributed by atoms with E-state index in [-0.39, 0.29) is 51.0 Å². The van der Waals surface area contributed by atoms with Crippen LogP contribution in [0.4, 0.5) is 22.0 Å². The standard InChI is InChI=1S/C17H14F2NO3.C6H7F3O.Li/c1-10-4-2-5-11(8-10)9-14(17(22)23)20-16(21)15-12(18)6-3-7-13(15)19;7-6(8,9)4-2-1-3-5-10;/h2-8,14H,1,9H2,(H,20,21)(H,22,23);4H,1-3H2;/q-1;-2;+1/t14-;;/m0../s1. The van der Waals surface area contributed by atoms with Gasteiger partial charge < -0.3 is 15.2 Å². The Balaban J connectivity index is 0.000000844. The molecule has 0 spiro atoms. The van der Waals surface area contributed by atoms with Gasteiger partial charge in [-0.1, -0.05) is 12.1 Å². The van der Waals surface area contributed by atoms with Crippen LogP contribution in [-0.2, 0) is 16.0 Å². The van der Waals surface area contributed by atoms with E-state index >= 15 is 0 Å². The first-order valence-electron chi connectivity index (χ1n) is 9.59. The molecule has 34 heavy (non-hydrogen) atoms. The zero-order valence-electron chi connectivity index (χ0n) is 18.3. The molecule has 0 saturated carbocycles. The minimum Gasteiger partial charge on any atom is -0.542 e. The number of alkyl halides is 3. The molecule has 0 aliphatic carbocycles. The van der Waals surface area contributed by atoms with Crippen molar-refractivity contribution >= 4 is 18.2 Å². The van der Waals surface area contributed by atoms with E-state index in [1.54, 1.807) is 24.3 Å². The van der Waals surface area contributed by atoms with Gasteiger partial charge >= 0.3 is 24.8 Å². The molecular formula is C23H21F5LiNO4-2. The zero-order valence-corrected chi connectivity index (χ0v) is 18.3. The molecule has 2 aromatic carbocycles. The molecule has 0 unspecified atom stereocenters. The number of carbonyl (C=O) groups excluding carboxylic acids is 2. The van der Waals surface area contributed by atoms with E-state index in [4.69, 9.17) is 0 Å². The van der Waals surface area contributed by atoms with Gasteiger partial charge in [-0.2, -0.15) is 37.5 Å². The van der Waals surface area contributed by atoms with Gasteiger partial charge in [-0.25, -0.2) is 33.2 Å². The van der Waals surface area contributed by atoms with Gasteiger partial charge in [-0.15, -0.1) is 18.1 Å². The van der Waals surface area contributed by atoms with E-state index in [1.807, 2.05) is 0 Å². The van der Waals surface area contributed by atoms with Crippen molar-refractivity contribution in [1.82, 2.24) is 5.32 Å². The zero-order chi connectivity index (χ0) is 25.0. The van der Waals surface area contributed by atoms with Crippen LogP contribution in [0.15, 0.2) is 42.5 Å². The Morgan fingerprint density at radius 1 is 1.12 bits per heavy atom. The second-order valence-electron chi connectivity index (χ2n) is 6.77. The Hall–Kier alpha value is -2.83. The summed E-state index contributed by atoms with van der Waals surface area (Å²) in [6.07, 6.45) is -2.27. The monoisotopic (exact) mass is 477 g/mol. The molecule has 1 amide bonds. The van der Waals surface area contributed by atoms with E-state index < -0.39 is 41.3 Å². The van der Waals surface area contributed by atoms with Gasteiger partial charge in [0.25, 0.3) is 12.1 Å². The van der Waals surface area contributed by atoms with Crippen molar-refractivity contribution in [2.75, 3.05) is 0 Å². The molecule has 0 aliphatic heterocycles. The number of aliphatic carboxylic acids is 1. The predicted molar refractivity (Wildman–Crippen MR) is 110 cm³/mol. The van der Waals surface area contributed by atoms with E-state index in [9.17, 15) is 41.4 Å². The van der Waals surface area contributed by atoms with Crippen LogP contribution in [0.25, 0.3) is 0 Å². The number of halogens is 5. The molecule has 0 heterocycles. The molecule has 2 rings (SSSR count). The third kappa shape index (κ3) is 11.9. The third-order valence-electron chi connectivity index (χ3n) is 4.08. The quantitative estimate of drug-likeness (QED) is 0.249. The maximum atomic E-state index is 13.6.